The first kappa shape index (κ1) is 35.2. The van der Waals surface area contributed by atoms with Crippen LogP contribution in [0.4, 0.5) is 17.1 Å². The molecule has 2 heteroatoms. The molecule has 0 aliphatic carbocycles. The molecule has 0 aliphatic heterocycles. The first-order valence-corrected chi connectivity index (χ1v) is 20.6. The monoisotopic (exact) mass is 764 g/mol. The molecule has 0 atom stereocenters. The van der Waals surface area contributed by atoms with Gasteiger partial charge in [0.2, 0.25) is 0 Å². The molecule has 0 radical (unpaired) electrons. The van der Waals surface area contributed by atoms with Crippen molar-refractivity contribution in [2.24, 2.45) is 0 Å². The van der Waals surface area contributed by atoms with Gasteiger partial charge in [-0.25, -0.2) is 0 Å². The van der Waals surface area contributed by atoms with E-state index >= 15 is 0 Å². The summed E-state index contributed by atoms with van der Waals surface area (Å²) in [4.78, 5) is 2.38. The lowest BCUT2D eigenvalue weighted by atomic mass is 9.93. The fourth-order valence-electron chi connectivity index (χ4n) is 8.89. The zero-order chi connectivity index (χ0) is 39.8. The third-order valence-corrected chi connectivity index (χ3v) is 11.8. The predicted octanol–water partition coefficient (Wildman–Crippen LogP) is 16.1. The Balaban J connectivity index is 1.05. The van der Waals surface area contributed by atoms with Gasteiger partial charge in [-0.1, -0.05) is 182 Å². The van der Waals surface area contributed by atoms with E-state index in [1.54, 1.807) is 0 Å². The molecule has 1 aromatic heterocycles. The first-order valence-electron chi connectivity index (χ1n) is 20.6. The van der Waals surface area contributed by atoms with Gasteiger partial charge in [-0.2, -0.15) is 0 Å². The molecule has 0 saturated heterocycles. The van der Waals surface area contributed by atoms with Crippen molar-refractivity contribution in [2.45, 2.75) is 0 Å². The van der Waals surface area contributed by atoms with Gasteiger partial charge in [-0.05, 0) is 110 Å². The van der Waals surface area contributed by atoms with E-state index in [-0.39, 0.29) is 0 Å². The molecule has 0 aliphatic rings. The Bertz CT molecular complexity index is 3270. The topological polar surface area (TPSA) is 8.17 Å². The van der Waals surface area contributed by atoms with Crippen LogP contribution in [0.15, 0.2) is 243 Å². The standard InChI is InChI=1S/C58H40N2/c1-4-16-41(17-5-1)42-28-32-48(33-29-42)59(56-26-14-12-24-52(56)43-18-6-2-7-19-43)49-34-30-45(31-35-49)51-37-36-50(40-54(51)44-20-8-3-9-21-44)60-57-27-15-13-25-53(57)55-38-46-22-10-11-23-47(46)39-58(55)60/h1-40H. The molecule has 0 spiro atoms. The lowest BCUT2D eigenvalue weighted by Gasteiger charge is -2.28. The number of hydrogen-bond acceptors (Lipinski definition) is 1. The Labute approximate surface area is 350 Å². The lowest BCUT2D eigenvalue weighted by Crippen LogP contribution is -2.11. The van der Waals surface area contributed by atoms with E-state index in [0.717, 1.165) is 28.3 Å². The molecule has 10 aromatic carbocycles. The highest BCUT2D eigenvalue weighted by Gasteiger charge is 2.19. The second-order valence-corrected chi connectivity index (χ2v) is 15.3. The Morgan fingerprint density at radius 1 is 0.283 bits per heavy atom. The van der Waals surface area contributed by atoms with Crippen molar-refractivity contribution in [3.8, 4) is 50.2 Å². The second kappa shape index (κ2) is 15.1. The number of anilines is 3. The molecule has 0 unspecified atom stereocenters. The van der Waals surface area contributed by atoms with Crippen molar-refractivity contribution in [3.05, 3.63) is 243 Å². The van der Waals surface area contributed by atoms with Crippen molar-refractivity contribution < 1.29 is 0 Å². The number of fused-ring (bicyclic) bond motifs is 4. The van der Waals surface area contributed by atoms with Gasteiger partial charge in [-0.3, -0.25) is 0 Å². The first-order chi connectivity index (χ1) is 29.8. The number of hydrogen-bond donors (Lipinski definition) is 0. The minimum atomic E-state index is 1.09. The van der Waals surface area contributed by atoms with Crippen LogP contribution in [0, 0.1) is 0 Å². The molecule has 282 valence electrons. The molecule has 0 fully saturated rings. The molecule has 60 heavy (non-hydrogen) atoms. The van der Waals surface area contributed by atoms with Crippen LogP contribution in [0.25, 0.3) is 82.8 Å². The Morgan fingerprint density at radius 2 is 0.783 bits per heavy atom. The van der Waals surface area contributed by atoms with Crippen molar-refractivity contribution in [2.75, 3.05) is 4.90 Å². The number of benzene rings is 10. The zero-order valence-electron chi connectivity index (χ0n) is 33.0. The minimum Gasteiger partial charge on any atom is -0.310 e. The van der Waals surface area contributed by atoms with Gasteiger partial charge in [-0.15, -0.1) is 0 Å². The Hall–Kier alpha value is -7.94. The average molecular weight is 765 g/mol. The van der Waals surface area contributed by atoms with Crippen LogP contribution in [0.5, 0.6) is 0 Å². The van der Waals surface area contributed by atoms with Gasteiger partial charge in [0.25, 0.3) is 0 Å². The maximum absolute atomic E-state index is 2.43. The maximum atomic E-state index is 2.43. The van der Waals surface area contributed by atoms with E-state index in [0.29, 0.717) is 0 Å². The minimum absolute atomic E-state index is 1.09. The summed E-state index contributed by atoms with van der Waals surface area (Å²) in [5, 5.41) is 5.01. The molecule has 0 bridgehead atoms. The van der Waals surface area contributed by atoms with Crippen LogP contribution in [0.1, 0.15) is 0 Å². The van der Waals surface area contributed by atoms with Crippen LogP contribution in [0.3, 0.4) is 0 Å². The third kappa shape index (κ3) is 6.32. The molecular weight excluding hydrogens is 725 g/mol. The largest absolute Gasteiger partial charge is 0.310 e. The van der Waals surface area contributed by atoms with E-state index in [2.05, 4.69) is 252 Å². The SMILES string of the molecule is c1ccc(-c2ccc(N(c3ccc(-c4ccc(-n5c6ccccc6c6cc7ccccc7cc65)cc4-c4ccccc4)cc3)c3ccccc3-c3ccccc3)cc2)cc1. The number of nitrogens with zero attached hydrogens (tertiary/aromatic N) is 2. The predicted molar refractivity (Wildman–Crippen MR) is 255 cm³/mol. The highest BCUT2D eigenvalue weighted by molar-refractivity contribution is 6.13. The second-order valence-electron chi connectivity index (χ2n) is 15.3. The van der Waals surface area contributed by atoms with E-state index < -0.39 is 0 Å². The third-order valence-electron chi connectivity index (χ3n) is 11.8. The number of rotatable bonds is 8. The van der Waals surface area contributed by atoms with Gasteiger partial charge >= 0.3 is 0 Å². The normalized spacial score (nSPS) is 11.3. The summed E-state index contributed by atoms with van der Waals surface area (Å²) < 4.78 is 2.43. The summed E-state index contributed by atoms with van der Waals surface area (Å²) in [6.07, 6.45) is 0. The van der Waals surface area contributed by atoms with Crippen LogP contribution >= 0.6 is 0 Å². The molecule has 0 saturated carbocycles. The molecule has 0 N–H and O–H groups in total. The summed E-state index contributed by atoms with van der Waals surface area (Å²) in [6, 6.07) is 87.9. The van der Waals surface area contributed by atoms with Crippen molar-refractivity contribution in [1.29, 1.82) is 0 Å². The fourth-order valence-corrected chi connectivity index (χ4v) is 8.89. The van der Waals surface area contributed by atoms with Crippen LogP contribution < -0.4 is 4.90 Å². The van der Waals surface area contributed by atoms with Crippen LogP contribution in [0.2, 0.25) is 0 Å². The smallest absolute Gasteiger partial charge is 0.0547 e. The molecule has 11 aromatic rings. The highest BCUT2D eigenvalue weighted by atomic mass is 15.1. The zero-order valence-corrected chi connectivity index (χ0v) is 33.0. The van der Waals surface area contributed by atoms with Crippen LogP contribution in [-0.2, 0) is 0 Å². The summed E-state index contributed by atoms with van der Waals surface area (Å²) >= 11 is 0. The van der Waals surface area contributed by atoms with Crippen molar-refractivity contribution in [3.63, 3.8) is 0 Å². The van der Waals surface area contributed by atoms with Gasteiger partial charge in [0.1, 0.15) is 0 Å². The summed E-state index contributed by atoms with van der Waals surface area (Å²) in [5.74, 6) is 0. The van der Waals surface area contributed by atoms with Gasteiger partial charge in [0.15, 0.2) is 0 Å². The van der Waals surface area contributed by atoms with Crippen LogP contribution in [-0.4, -0.2) is 4.57 Å². The van der Waals surface area contributed by atoms with E-state index in [1.807, 2.05) is 0 Å². The fraction of sp³-hybridized carbons (Fsp3) is 0. The number of aromatic nitrogens is 1. The number of para-hydroxylation sites is 2. The van der Waals surface area contributed by atoms with Crippen molar-refractivity contribution >= 4 is 49.6 Å². The Kier molecular flexibility index (Phi) is 8.87. The highest BCUT2D eigenvalue weighted by Crippen LogP contribution is 2.43. The van der Waals surface area contributed by atoms with E-state index in [9.17, 15) is 0 Å². The molecule has 1 heterocycles. The molecule has 11 rings (SSSR count). The summed E-state index contributed by atoms with van der Waals surface area (Å²) in [6.45, 7) is 0. The van der Waals surface area contributed by atoms with E-state index in [1.165, 1.54) is 71.5 Å². The van der Waals surface area contributed by atoms with Gasteiger partial charge in [0, 0.05) is 33.4 Å². The lowest BCUT2D eigenvalue weighted by molar-refractivity contribution is 1.18. The summed E-state index contributed by atoms with van der Waals surface area (Å²) in [7, 11) is 0. The maximum Gasteiger partial charge on any atom is 0.0547 e. The van der Waals surface area contributed by atoms with E-state index in [4.69, 9.17) is 0 Å². The Morgan fingerprint density at radius 3 is 1.47 bits per heavy atom. The van der Waals surface area contributed by atoms with Gasteiger partial charge < -0.3 is 9.47 Å². The quantitative estimate of drug-likeness (QED) is 0.150. The van der Waals surface area contributed by atoms with Crippen molar-refractivity contribution in [1.82, 2.24) is 4.57 Å². The molecular formula is C58H40N2. The van der Waals surface area contributed by atoms with Gasteiger partial charge in [0.05, 0.1) is 16.7 Å². The average Bonchev–Trinajstić information content (AvgIpc) is 3.65. The molecule has 0 amide bonds. The molecule has 2 nitrogen and oxygen atoms in total. The summed E-state index contributed by atoms with van der Waals surface area (Å²) in [5.41, 5.74) is 16.3.